The summed E-state index contributed by atoms with van der Waals surface area (Å²) in [4.78, 5) is 4.49. The molecule has 4 heteroatoms. The second-order valence-electron chi connectivity index (χ2n) is 4.25. The molecule has 0 unspecified atom stereocenters. The van der Waals surface area contributed by atoms with Crippen molar-refractivity contribution in [2.75, 3.05) is 13.7 Å². The lowest BCUT2D eigenvalue weighted by atomic mass is 10.1. The van der Waals surface area contributed by atoms with Gasteiger partial charge in [0.25, 0.3) is 0 Å². The summed E-state index contributed by atoms with van der Waals surface area (Å²) in [7, 11) is 1.67. The molecule has 0 amide bonds. The molecule has 1 aromatic carbocycles. The lowest BCUT2D eigenvalue weighted by molar-refractivity contribution is 0.415. The minimum absolute atomic E-state index is 0.629. The average Bonchev–Trinajstić information content (AvgIpc) is 2.82. The molecule has 0 spiro atoms. The number of pyridine rings is 1. The fourth-order valence-electron chi connectivity index (χ4n) is 2.25. The first-order chi connectivity index (χ1) is 8.83. The minimum atomic E-state index is 0.629. The van der Waals surface area contributed by atoms with Crippen LogP contribution in [0.15, 0.2) is 36.7 Å². The van der Waals surface area contributed by atoms with Gasteiger partial charge in [0.15, 0.2) is 0 Å². The standard InChI is InChI=1S/C14H15N3O/c1-18-12-3-2-10-5-7-17-11(4-6-15)9-16-14(17)13(10)8-12/h2-3,5,7-9H,4,6,15H2,1H3. The molecule has 0 aliphatic heterocycles. The van der Waals surface area contributed by atoms with Gasteiger partial charge in [0.1, 0.15) is 11.4 Å². The van der Waals surface area contributed by atoms with Crippen LogP contribution >= 0.6 is 0 Å². The molecule has 0 radical (unpaired) electrons. The van der Waals surface area contributed by atoms with Crippen LogP contribution < -0.4 is 10.5 Å². The van der Waals surface area contributed by atoms with Crippen molar-refractivity contribution in [2.24, 2.45) is 5.73 Å². The zero-order chi connectivity index (χ0) is 12.5. The van der Waals surface area contributed by atoms with Crippen LogP contribution in [0.4, 0.5) is 0 Å². The highest BCUT2D eigenvalue weighted by Gasteiger charge is 2.07. The van der Waals surface area contributed by atoms with Gasteiger partial charge in [-0.15, -0.1) is 0 Å². The van der Waals surface area contributed by atoms with E-state index in [0.717, 1.165) is 34.3 Å². The monoisotopic (exact) mass is 241 g/mol. The molecule has 0 atom stereocenters. The van der Waals surface area contributed by atoms with Crippen molar-refractivity contribution in [2.45, 2.75) is 6.42 Å². The Kier molecular flexibility index (Phi) is 2.64. The molecule has 92 valence electrons. The highest BCUT2D eigenvalue weighted by atomic mass is 16.5. The molecule has 18 heavy (non-hydrogen) atoms. The van der Waals surface area contributed by atoms with Gasteiger partial charge in [-0.2, -0.15) is 0 Å². The molecular formula is C14H15N3O. The number of rotatable bonds is 3. The maximum Gasteiger partial charge on any atom is 0.144 e. The molecule has 0 saturated carbocycles. The SMILES string of the molecule is COc1ccc2ccn3c(CCN)cnc3c2c1. The zero-order valence-electron chi connectivity index (χ0n) is 10.3. The third-order valence-electron chi connectivity index (χ3n) is 3.18. The number of ether oxygens (including phenoxy) is 1. The number of methoxy groups -OCH3 is 1. The van der Waals surface area contributed by atoms with Gasteiger partial charge in [0.05, 0.1) is 7.11 Å². The maximum atomic E-state index is 5.61. The lowest BCUT2D eigenvalue weighted by Crippen LogP contribution is -2.04. The van der Waals surface area contributed by atoms with Gasteiger partial charge in [0.2, 0.25) is 0 Å². The van der Waals surface area contributed by atoms with E-state index < -0.39 is 0 Å². The first-order valence-electron chi connectivity index (χ1n) is 5.96. The summed E-state index contributed by atoms with van der Waals surface area (Å²) >= 11 is 0. The van der Waals surface area contributed by atoms with Gasteiger partial charge >= 0.3 is 0 Å². The molecular weight excluding hydrogens is 226 g/mol. The largest absolute Gasteiger partial charge is 0.497 e. The molecule has 0 aliphatic rings. The van der Waals surface area contributed by atoms with E-state index in [1.54, 1.807) is 7.11 Å². The van der Waals surface area contributed by atoms with E-state index in [1.807, 2.05) is 30.6 Å². The third kappa shape index (κ3) is 1.62. The van der Waals surface area contributed by atoms with Gasteiger partial charge in [-0.1, -0.05) is 6.07 Å². The average molecular weight is 241 g/mol. The van der Waals surface area contributed by atoms with Crippen molar-refractivity contribution in [1.82, 2.24) is 9.38 Å². The number of imidazole rings is 1. The van der Waals surface area contributed by atoms with Crippen molar-refractivity contribution < 1.29 is 4.74 Å². The summed E-state index contributed by atoms with van der Waals surface area (Å²) in [5, 5.41) is 2.26. The van der Waals surface area contributed by atoms with Gasteiger partial charge in [0, 0.05) is 29.9 Å². The van der Waals surface area contributed by atoms with Crippen LogP contribution in [0.3, 0.4) is 0 Å². The van der Waals surface area contributed by atoms with Gasteiger partial charge in [-0.3, -0.25) is 0 Å². The van der Waals surface area contributed by atoms with Crippen LogP contribution in [0.5, 0.6) is 5.75 Å². The van der Waals surface area contributed by atoms with Crippen molar-refractivity contribution in [3.8, 4) is 5.75 Å². The highest BCUT2D eigenvalue weighted by molar-refractivity contribution is 5.95. The Balaban J connectivity index is 2.30. The van der Waals surface area contributed by atoms with E-state index in [4.69, 9.17) is 10.5 Å². The number of nitrogens with zero attached hydrogens (tertiary/aromatic N) is 2. The minimum Gasteiger partial charge on any atom is -0.497 e. The summed E-state index contributed by atoms with van der Waals surface area (Å²) in [6.45, 7) is 0.629. The van der Waals surface area contributed by atoms with Crippen LogP contribution in [-0.4, -0.2) is 23.0 Å². The van der Waals surface area contributed by atoms with E-state index in [0.29, 0.717) is 6.54 Å². The fraction of sp³-hybridized carbons (Fsp3) is 0.214. The van der Waals surface area contributed by atoms with Crippen LogP contribution in [0, 0.1) is 0 Å². The zero-order valence-corrected chi connectivity index (χ0v) is 10.3. The topological polar surface area (TPSA) is 52.5 Å². The van der Waals surface area contributed by atoms with E-state index in [2.05, 4.69) is 15.5 Å². The second kappa shape index (κ2) is 4.31. The molecule has 0 saturated heterocycles. The molecule has 0 fully saturated rings. The normalized spacial score (nSPS) is 11.2. The van der Waals surface area contributed by atoms with Crippen molar-refractivity contribution >= 4 is 16.4 Å². The second-order valence-corrected chi connectivity index (χ2v) is 4.25. The first-order valence-corrected chi connectivity index (χ1v) is 5.96. The van der Waals surface area contributed by atoms with Crippen LogP contribution in [0.1, 0.15) is 5.69 Å². The molecule has 0 bridgehead atoms. The Morgan fingerprint density at radius 3 is 3.00 bits per heavy atom. The molecule has 3 aromatic rings. The first kappa shape index (κ1) is 11.0. The Bertz CT molecular complexity index is 703. The summed E-state index contributed by atoms with van der Waals surface area (Å²) in [5.41, 5.74) is 7.70. The number of hydrogen-bond acceptors (Lipinski definition) is 3. The molecule has 0 aliphatic carbocycles. The Morgan fingerprint density at radius 1 is 1.33 bits per heavy atom. The predicted molar refractivity (Wildman–Crippen MR) is 72.0 cm³/mol. The van der Waals surface area contributed by atoms with E-state index in [9.17, 15) is 0 Å². The Morgan fingerprint density at radius 2 is 2.22 bits per heavy atom. The van der Waals surface area contributed by atoms with Gasteiger partial charge in [-0.25, -0.2) is 4.98 Å². The molecule has 2 N–H and O–H groups in total. The smallest absolute Gasteiger partial charge is 0.144 e. The fourth-order valence-corrected chi connectivity index (χ4v) is 2.25. The van der Waals surface area contributed by atoms with Crippen LogP contribution in [-0.2, 0) is 6.42 Å². The van der Waals surface area contributed by atoms with E-state index in [-0.39, 0.29) is 0 Å². The summed E-state index contributed by atoms with van der Waals surface area (Å²) in [5.74, 6) is 0.846. The third-order valence-corrected chi connectivity index (χ3v) is 3.18. The van der Waals surface area contributed by atoms with Crippen molar-refractivity contribution in [1.29, 1.82) is 0 Å². The maximum absolute atomic E-state index is 5.61. The van der Waals surface area contributed by atoms with Crippen LogP contribution in [0.25, 0.3) is 16.4 Å². The molecule has 2 heterocycles. The summed E-state index contributed by atoms with van der Waals surface area (Å²) < 4.78 is 7.36. The van der Waals surface area contributed by atoms with Gasteiger partial charge < -0.3 is 14.9 Å². The highest BCUT2D eigenvalue weighted by Crippen LogP contribution is 2.24. The number of fused-ring (bicyclic) bond motifs is 3. The van der Waals surface area contributed by atoms with Gasteiger partial charge in [-0.05, 0) is 30.1 Å². The summed E-state index contributed by atoms with van der Waals surface area (Å²) in [6, 6.07) is 8.11. The summed E-state index contributed by atoms with van der Waals surface area (Å²) in [6.07, 6.45) is 4.76. The molecule has 4 nitrogen and oxygen atoms in total. The number of hydrogen-bond donors (Lipinski definition) is 1. The van der Waals surface area contributed by atoms with Crippen molar-refractivity contribution in [3.05, 3.63) is 42.4 Å². The number of nitrogens with two attached hydrogens (primary N) is 1. The van der Waals surface area contributed by atoms with E-state index in [1.165, 1.54) is 0 Å². The Labute approximate surface area is 105 Å². The molecule has 3 rings (SSSR count). The van der Waals surface area contributed by atoms with Crippen LogP contribution in [0.2, 0.25) is 0 Å². The predicted octanol–water partition coefficient (Wildman–Crippen LogP) is 2.00. The number of benzene rings is 1. The lowest BCUT2D eigenvalue weighted by Gasteiger charge is -2.05. The number of aromatic nitrogens is 2. The molecule has 2 aromatic heterocycles. The van der Waals surface area contributed by atoms with E-state index >= 15 is 0 Å². The van der Waals surface area contributed by atoms with Crippen molar-refractivity contribution in [3.63, 3.8) is 0 Å². The Hall–Kier alpha value is -2.07. The quantitative estimate of drug-likeness (QED) is 0.763.